The Morgan fingerprint density at radius 2 is 2.12 bits per heavy atom. The van der Waals surface area contributed by atoms with Gasteiger partial charge in [-0.05, 0) is 27.6 Å². The van der Waals surface area contributed by atoms with E-state index in [1.165, 1.54) is 16.9 Å². The molecule has 0 N–H and O–H groups in total. The van der Waals surface area contributed by atoms with Crippen molar-refractivity contribution >= 4 is 33.3 Å². The first-order valence-corrected chi connectivity index (χ1v) is 6.47. The predicted octanol–water partition coefficient (Wildman–Crippen LogP) is 4.00. The first-order chi connectivity index (χ1) is 7.84. The summed E-state index contributed by atoms with van der Waals surface area (Å²) in [5, 5.41) is 2.58. The van der Waals surface area contributed by atoms with Gasteiger partial charge in [0.05, 0.1) is 0 Å². The Bertz CT molecular complexity index is 467. The molecule has 0 aliphatic carbocycles. The van der Waals surface area contributed by atoms with Gasteiger partial charge in [0.15, 0.2) is 0 Å². The lowest BCUT2D eigenvalue weighted by molar-refractivity contribution is 0.361. The van der Waals surface area contributed by atoms with Crippen molar-refractivity contribution in [1.82, 2.24) is 4.98 Å². The minimum Gasteiger partial charge on any atom is -0.466 e. The molecule has 82 valence electrons. The van der Waals surface area contributed by atoms with Crippen LogP contribution in [0.3, 0.4) is 0 Å². The van der Waals surface area contributed by atoms with Crippen molar-refractivity contribution in [3.05, 3.63) is 52.0 Å². The zero-order valence-corrected chi connectivity index (χ0v) is 10.9. The molecule has 0 saturated heterocycles. The number of hydrogen-bond donors (Lipinski definition) is 0. The minimum absolute atomic E-state index is 0.537. The van der Waals surface area contributed by atoms with Crippen molar-refractivity contribution in [3.8, 4) is 5.19 Å². The van der Waals surface area contributed by atoms with Crippen LogP contribution in [0.4, 0.5) is 0 Å². The van der Waals surface area contributed by atoms with Gasteiger partial charge in [0.2, 0.25) is 0 Å². The molecule has 0 radical (unpaired) electrons. The van der Waals surface area contributed by atoms with E-state index in [1.54, 1.807) is 0 Å². The minimum atomic E-state index is 0.537. The Morgan fingerprint density at radius 3 is 2.81 bits per heavy atom. The van der Waals surface area contributed by atoms with Gasteiger partial charge in [-0.25, -0.2) is 0 Å². The van der Waals surface area contributed by atoms with Gasteiger partial charge in [0.25, 0.3) is 5.19 Å². The van der Waals surface area contributed by atoms with E-state index in [0.717, 1.165) is 4.60 Å². The molecule has 2 nitrogen and oxygen atoms in total. The van der Waals surface area contributed by atoms with E-state index >= 15 is 0 Å². The van der Waals surface area contributed by atoms with E-state index in [1.807, 2.05) is 35.7 Å². The highest BCUT2D eigenvalue weighted by molar-refractivity contribution is 9.10. The number of ether oxygens (including phenoxy) is 1. The van der Waals surface area contributed by atoms with Crippen molar-refractivity contribution in [2.24, 2.45) is 0 Å². The molecule has 4 heteroatoms. The Hall–Kier alpha value is -1.13. The van der Waals surface area contributed by atoms with Crippen LogP contribution in [0.2, 0.25) is 0 Å². The second-order valence-corrected chi connectivity index (χ2v) is 4.69. The molecule has 2 rings (SSSR count). The second-order valence-electron chi connectivity index (χ2n) is 3.06. The molecule has 0 saturated carbocycles. The summed E-state index contributed by atoms with van der Waals surface area (Å²) in [4.78, 5) is 4.13. The number of thiazole rings is 1. The molecule has 1 heterocycles. The lowest BCUT2D eigenvalue weighted by Gasteiger charge is -1.96. The highest BCUT2D eigenvalue weighted by atomic mass is 79.9. The fourth-order valence-electron chi connectivity index (χ4n) is 1.17. The molecule has 0 spiro atoms. The van der Waals surface area contributed by atoms with Crippen LogP contribution in [0.25, 0.3) is 6.08 Å². The van der Waals surface area contributed by atoms with Gasteiger partial charge in [0.1, 0.15) is 11.2 Å². The van der Waals surface area contributed by atoms with Crippen LogP contribution in [-0.2, 0) is 0 Å². The van der Waals surface area contributed by atoms with Gasteiger partial charge in [-0.15, -0.1) is 0 Å². The summed E-state index contributed by atoms with van der Waals surface area (Å²) in [7, 11) is 0. The van der Waals surface area contributed by atoms with Crippen molar-refractivity contribution in [2.45, 2.75) is 0 Å². The number of benzene rings is 1. The number of nitrogens with zero attached hydrogens (tertiary/aromatic N) is 1. The maximum Gasteiger partial charge on any atom is 0.274 e. The van der Waals surface area contributed by atoms with Gasteiger partial charge in [-0.2, -0.15) is 4.98 Å². The van der Waals surface area contributed by atoms with Gasteiger partial charge < -0.3 is 4.74 Å². The molecule has 1 aromatic carbocycles. The van der Waals surface area contributed by atoms with Crippen LogP contribution < -0.4 is 4.74 Å². The third-order valence-corrected chi connectivity index (χ3v) is 3.33. The van der Waals surface area contributed by atoms with E-state index in [2.05, 4.69) is 33.0 Å². The quantitative estimate of drug-likeness (QED) is 0.851. The van der Waals surface area contributed by atoms with Crippen LogP contribution in [0.15, 0.2) is 46.4 Å². The van der Waals surface area contributed by atoms with Crippen LogP contribution in [-0.4, -0.2) is 11.6 Å². The van der Waals surface area contributed by atoms with Crippen LogP contribution in [0, 0.1) is 0 Å². The fourth-order valence-corrected chi connectivity index (χ4v) is 2.27. The first kappa shape index (κ1) is 11.4. The first-order valence-electron chi connectivity index (χ1n) is 4.80. The van der Waals surface area contributed by atoms with Crippen molar-refractivity contribution in [2.75, 3.05) is 6.61 Å². The van der Waals surface area contributed by atoms with E-state index < -0.39 is 0 Å². The average Bonchev–Trinajstić information content (AvgIpc) is 2.72. The van der Waals surface area contributed by atoms with Crippen molar-refractivity contribution < 1.29 is 4.74 Å². The molecule has 0 amide bonds. The zero-order chi connectivity index (χ0) is 11.2. The van der Waals surface area contributed by atoms with Crippen molar-refractivity contribution in [1.29, 1.82) is 0 Å². The summed E-state index contributed by atoms with van der Waals surface area (Å²) in [5.41, 5.74) is 1.17. The topological polar surface area (TPSA) is 22.1 Å². The van der Waals surface area contributed by atoms with Gasteiger partial charge in [-0.3, -0.25) is 0 Å². The normalized spacial score (nSPS) is 10.8. The maximum absolute atomic E-state index is 5.44. The van der Waals surface area contributed by atoms with Gasteiger partial charge in [0, 0.05) is 5.38 Å². The molecular formula is C12H10BrNOS. The molecule has 0 bridgehead atoms. The molecule has 0 aliphatic rings. The molecule has 1 aromatic heterocycles. The summed E-state index contributed by atoms with van der Waals surface area (Å²) < 4.78 is 6.26. The van der Waals surface area contributed by atoms with E-state index in [0.29, 0.717) is 11.8 Å². The molecular weight excluding hydrogens is 286 g/mol. The Morgan fingerprint density at radius 1 is 1.31 bits per heavy atom. The van der Waals surface area contributed by atoms with Crippen LogP contribution in [0.5, 0.6) is 5.19 Å². The van der Waals surface area contributed by atoms with Crippen LogP contribution >= 0.6 is 27.3 Å². The lowest BCUT2D eigenvalue weighted by Crippen LogP contribution is -1.91. The number of hydrogen-bond acceptors (Lipinski definition) is 3. The highest BCUT2D eigenvalue weighted by Crippen LogP contribution is 2.21. The molecule has 0 atom stereocenters. The number of aromatic nitrogens is 1. The molecule has 2 aromatic rings. The number of rotatable bonds is 4. The Labute approximate surface area is 107 Å². The molecule has 0 aliphatic heterocycles. The van der Waals surface area contributed by atoms with E-state index in [-0.39, 0.29) is 0 Å². The summed E-state index contributed by atoms with van der Waals surface area (Å²) in [6.07, 6.45) is 4.01. The van der Waals surface area contributed by atoms with E-state index in [9.17, 15) is 0 Å². The Balaban J connectivity index is 1.82. The van der Waals surface area contributed by atoms with E-state index in [4.69, 9.17) is 4.74 Å². The predicted molar refractivity (Wildman–Crippen MR) is 70.8 cm³/mol. The Kier molecular flexibility index (Phi) is 4.13. The fraction of sp³-hybridized carbons (Fsp3) is 0.0833. The van der Waals surface area contributed by atoms with Crippen LogP contribution in [0.1, 0.15) is 5.56 Å². The third-order valence-electron chi connectivity index (χ3n) is 1.87. The average molecular weight is 296 g/mol. The van der Waals surface area contributed by atoms with Gasteiger partial charge in [-0.1, -0.05) is 47.7 Å². The molecule has 0 fully saturated rings. The second kappa shape index (κ2) is 5.82. The monoisotopic (exact) mass is 295 g/mol. The lowest BCUT2D eigenvalue weighted by atomic mass is 10.2. The molecule has 16 heavy (non-hydrogen) atoms. The summed E-state index contributed by atoms with van der Waals surface area (Å²) in [6.45, 7) is 0.537. The highest BCUT2D eigenvalue weighted by Gasteiger charge is 1.97. The number of halogens is 1. The zero-order valence-electron chi connectivity index (χ0n) is 8.47. The largest absolute Gasteiger partial charge is 0.466 e. The molecule has 0 unspecified atom stereocenters. The summed E-state index contributed by atoms with van der Waals surface area (Å²) >= 11 is 4.76. The third kappa shape index (κ3) is 3.47. The maximum atomic E-state index is 5.44. The van der Waals surface area contributed by atoms with Crippen molar-refractivity contribution in [3.63, 3.8) is 0 Å². The van der Waals surface area contributed by atoms with Gasteiger partial charge >= 0.3 is 0 Å². The summed E-state index contributed by atoms with van der Waals surface area (Å²) in [6, 6.07) is 10.1. The SMILES string of the molecule is Brc1csc(OCC=Cc2ccccc2)n1. The smallest absolute Gasteiger partial charge is 0.274 e. The summed E-state index contributed by atoms with van der Waals surface area (Å²) in [5.74, 6) is 0. The standard InChI is InChI=1S/C12H10BrNOS/c13-11-9-16-12(14-11)15-8-4-7-10-5-2-1-3-6-10/h1-7,9H,8H2.